The number of benzene rings is 2. The number of halogens is 2. The Labute approximate surface area is 196 Å². The predicted molar refractivity (Wildman–Crippen MR) is 130 cm³/mol. The molecule has 0 amide bonds. The summed E-state index contributed by atoms with van der Waals surface area (Å²) < 4.78 is 2.38. The summed E-state index contributed by atoms with van der Waals surface area (Å²) in [6.45, 7) is 5.62. The third-order valence-corrected chi connectivity index (χ3v) is 8.28. The quantitative estimate of drug-likeness (QED) is 0.458. The van der Waals surface area contributed by atoms with Crippen molar-refractivity contribution >= 4 is 33.3 Å². The number of nitrogens with zero attached hydrogens (tertiary/aromatic N) is 3. The van der Waals surface area contributed by atoms with E-state index in [4.69, 9.17) is 16.6 Å². The zero-order valence-electron chi connectivity index (χ0n) is 17.8. The van der Waals surface area contributed by atoms with Gasteiger partial charge in [-0.1, -0.05) is 41.9 Å². The van der Waals surface area contributed by atoms with E-state index in [1.807, 2.05) is 32.0 Å². The second-order valence-electron chi connectivity index (χ2n) is 8.93. The minimum Gasteiger partial charge on any atom is -0.356 e. The number of fused-ring (bicyclic) bond motifs is 1. The molecule has 1 aliphatic carbocycles. The molecule has 5 rings (SSSR count). The van der Waals surface area contributed by atoms with Gasteiger partial charge in [-0.15, -0.1) is 0 Å². The number of hydrogen-bond acceptors (Lipinski definition) is 3. The normalized spacial score (nSPS) is 17.2. The van der Waals surface area contributed by atoms with Crippen molar-refractivity contribution in [3.63, 3.8) is 0 Å². The first kappa shape index (κ1) is 20.8. The summed E-state index contributed by atoms with van der Waals surface area (Å²) in [5.41, 5.74) is 4.65. The monoisotopic (exact) mass is 497 g/mol. The SMILES string of the molecule is Cc1c(N2CCC3(CC2)Cc2ccccc2C3)nc(C)n(-c2cccc(Br)c2Cl)c1=O. The molecule has 31 heavy (non-hydrogen) atoms. The molecule has 0 unspecified atom stereocenters. The summed E-state index contributed by atoms with van der Waals surface area (Å²) in [4.78, 5) is 20.5. The molecule has 2 aliphatic rings. The lowest BCUT2D eigenvalue weighted by Crippen LogP contribution is -2.42. The van der Waals surface area contributed by atoms with Crippen LogP contribution in [0, 0.1) is 19.3 Å². The first-order chi connectivity index (χ1) is 14.9. The Bertz CT molecular complexity index is 1200. The molecule has 1 aromatic heterocycles. The molecule has 6 heteroatoms. The molecule has 2 aromatic carbocycles. The van der Waals surface area contributed by atoms with Crippen molar-refractivity contribution in [3.8, 4) is 5.69 Å². The van der Waals surface area contributed by atoms with Gasteiger partial charge in [0.2, 0.25) is 0 Å². The molecule has 4 nitrogen and oxygen atoms in total. The summed E-state index contributed by atoms with van der Waals surface area (Å²) in [7, 11) is 0. The van der Waals surface area contributed by atoms with Gasteiger partial charge in [0.25, 0.3) is 5.56 Å². The Hall–Kier alpha value is -2.11. The molecule has 0 atom stereocenters. The Morgan fingerprint density at radius 3 is 2.29 bits per heavy atom. The predicted octanol–water partition coefficient (Wildman–Crippen LogP) is 5.65. The van der Waals surface area contributed by atoms with Crippen LogP contribution in [0.1, 0.15) is 35.4 Å². The highest BCUT2D eigenvalue weighted by Gasteiger charge is 2.40. The van der Waals surface area contributed by atoms with Gasteiger partial charge < -0.3 is 4.90 Å². The number of rotatable bonds is 2. The van der Waals surface area contributed by atoms with Crippen molar-refractivity contribution in [1.82, 2.24) is 9.55 Å². The van der Waals surface area contributed by atoms with Crippen molar-refractivity contribution in [3.05, 3.63) is 84.8 Å². The number of piperidine rings is 1. The molecule has 0 saturated carbocycles. The average Bonchev–Trinajstić information content (AvgIpc) is 3.12. The van der Waals surface area contributed by atoms with Gasteiger partial charge in [0.05, 0.1) is 16.3 Å². The van der Waals surface area contributed by atoms with E-state index in [0.717, 1.165) is 36.2 Å². The lowest BCUT2D eigenvalue weighted by atomic mass is 9.76. The first-order valence-electron chi connectivity index (χ1n) is 10.7. The van der Waals surface area contributed by atoms with Crippen molar-refractivity contribution in [2.75, 3.05) is 18.0 Å². The van der Waals surface area contributed by atoms with Crippen molar-refractivity contribution < 1.29 is 0 Å². The Morgan fingerprint density at radius 2 is 1.65 bits per heavy atom. The lowest BCUT2D eigenvalue weighted by molar-refractivity contribution is 0.232. The molecule has 0 bridgehead atoms. The fraction of sp³-hybridized carbons (Fsp3) is 0.360. The largest absolute Gasteiger partial charge is 0.356 e. The maximum Gasteiger partial charge on any atom is 0.263 e. The fourth-order valence-electron chi connectivity index (χ4n) is 5.27. The van der Waals surface area contributed by atoms with Crippen molar-refractivity contribution in [2.24, 2.45) is 5.41 Å². The average molecular weight is 499 g/mol. The molecular weight excluding hydrogens is 474 g/mol. The summed E-state index contributed by atoms with van der Waals surface area (Å²) >= 11 is 9.93. The number of aromatic nitrogens is 2. The lowest BCUT2D eigenvalue weighted by Gasteiger charge is -2.40. The summed E-state index contributed by atoms with van der Waals surface area (Å²) in [6.07, 6.45) is 4.60. The van der Waals surface area contributed by atoms with Gasteiger partial charge in [-0.05, 0) is 84.1 Å². The van der Waals surface area contributed by atoms with E-state index in [9.17, 15) is 4.79 Å². The van der Waals surface area contributed by atoms with Crippen LogP contribution in [0.25, 0.3) is 5.69 Å². The molecule has 1 aliphatic heterocycles. The highest BCUT2D eigenvalue weighted by Crippen LogP contribution is 2.45. The van der Waals surface area contributed by atoms with E-state index in [1.165, 1.54) is 24.0 Å². The van der Waals surface area contributed by atoms with Gasteiger partial charge in [-0.25, -0.2) is 4.98 Å². The van der Waals surface area contributed by atoms with Crippen LogP contribution in [-0.4, -0.2) is 22.6 Å². The van der Waals surface area contributed by atoms with E-state index in [-0.39, 0.29) is 5.56 Å². The van der Waals surface area contributed by atoms with Crippen LogP contribution < -0.4 is 10.5 Å². The second-order valence-corrected chi connectivity index (χ2v) is 10.2. The Balaban J connectivity index is 1.43. The van der Waals surface area contributed by atoms with Gasteiger partial charge in [-0.2, -0.15) is 0 Å². The number of anilines is 1. The highest BCUT2D eigenvalue weighted by atomic mass is 79.9. The van der Waals surface area contributed by atoms with E-state index in [0.29, 0.717) is 27.5 Å². The van der Waals surface area contributed by atoms with E-state index in [1.54, 1.807) is 4.57 Å². The molecular formula is C25H25BrClN3O. The molecule has 1 spiro atoms. The van der Waals surface area contributed by atoms with Crippen LogP contribution in [0.2, 0.25) is 5.02 Å². The maximum absolute atomic E-state index is 13.3. The minimum atomic E-state index is -0.0592. The van der Waals surface area contributed by atoms with Crippen LogP contribution in [0.5, 0.6) is 0 Å². The first-order valence-corrected chi connectivity index (χ1v) is 11.9. The van der Waals surface area contributed by atoms with Gasteiger partial charge >= 0.3 is 0 Å². The minimum absolute atomic E-state index is 0.0592. The van der Waals surface area contributed by atoms with E-state index in [2.05, 4.69) is 45.1 Å². The molecule has 0 radical (unpaired) electrons. The maximum atomic E-state index is 13.3. The van der Waals surface area contributed by atoms with Crippen molar-refractivity contribution in [2.45, 2.75) is 39.5 Å². The van der Waals surface area contributed by atoms with Gasteiger partial charge in [0.15, 0.2) is 0 Å². The summed E-state index contributed by atoms with van der Waals surface area (Å²) in [5.74, 6) is 1.47. The zero-order chi connectivity index (χ0) is 21.8. The topological polar surface area (TPSA) is 38.1 Å². The molecule has 3 aromatic rings. The zero-order valence-corrected chi connectivity index (χ0v) is 20.1. The second kappa shape index (κ2) is 7.79. The molecule has 1 saturated heterocycles. The fourth-order valence-corrected chi connectivity index (χ4v) is 5.84. The third-order valence-electron chi connectivity index (χ3n) is 7.00. The Kier molecular flexibility index (Phi) is 5.22. The number of aryl methyl sites for hydroxylation is 1. The van der Waals surface area contributed by atoms with Crippen LogP contribution >= 0.6 is 27.5 Å². The van der Waals surface area contributed by atoms with Crippen LogP contribution in [-0.2, 0) is 12.8 Å². The molecule has 2 heterocycles. The third kappa shape index (κ3) is 3.52. The van der Waals surface area contributed by atoms with Gasteiger partial charge in [0, 0.05) is 17.6 Å². The number of hydrogen-bond donors (Lipinski definition) is 0. The molecule has 0 N–H and O–H groups in total. The summed E-state index contributed by atoms with van der Waals surface area (Å²) in [6, 6.07) is 14.4. The van der Waals surface area contributed by atoms with Gasteiger partial charge in [-0.3, -0.25) is 9.36 Å². The standard InChI is InChI=1S/C25H25BrClN3O/c1-16-23(28-17(2)30(24(16)31)21-9-5-8-20(26)22(21)27)29-12-10-25(11-13-29)14-18-6-3-4-7-19(18)15-25/h3-9H,10-15H2,1-2H3. The molecule has 1 fully saturated rings. The smallest absolute Gasteiger partial charge is 0.263 e. The Morgan fingerprint density at radius 1 is 1.00 bits per heavy atom. The van der Waals surface area contributed by atoms with E-state index < -0.39 is 0 Å². The van der Waals surface area contributed by atoms with Crippen LogP contribution in [0.15, 0.2) is 51.7 Å². The van der Waals surface area contributed by atoms with Crippen molar-refractivity contribution in [1.29, 1.82) is 0 Å². The van der Waals surface area contributed by atoms with Crippen LogP contribution in [0.4, 0.5) is 5.82 Å². The molecule has 160 valence electrons. The van der Waals surface area contributed by atoms with Crippen LogP contribution in [0.3, 0.4) is 0 Å². The van der Waals surface area contributed by atoms with E-state index >= 15 is 0 Å². The summed E-state index contributed by atoms with van der Waals surface area (Å²) in [5, 5.41) is 0.516. The van der Waals surface area contributed by atoms with Gasteiger partial charge in [0.1, 0.15) is 11.6 Å². The highest BCUT2D eigenvalue weighted by molar-refractivity contribution is 9.10.